The van der Waals surface area contributed by atoms with Gasteiger partial charge in [-0.25, -0.2) is 19.7 Å². The van der Waals surface area contributed by atoms with Gasteiger partial charge in [-0.05, 0) is 46.8 Å². The van der Waals surface area contributed by atoms with E-state index < -0.39 is 0 Å². The monoisotopic (exact) mass is 507 g/mol. The second kappa shape index (κ2) is 12.8. The molecule has 2 aromatic heterocycles. The van der Waals surface area contributed by atoms with E-state index in [-0.39, 0.29) is 24.4 Å². The van der Waals surface area contributed by atoms with Gasteiger partial charge in [-0.3, -0.25) is 0 Å². The highest BCUT2D eigenvalue weighted by atomic mass is 32.2. The molecule has 0 atom stereocenters. The number of likely N-dealkylation sites (tertiary alicyclic amines) is 1. The Hall–Kier alpha value is -2.83. The predicted octanol–water partition coefficient (Wildman–Crippen LogP) is 4.68. The number of carbonyl (C=O) groups excluding carboxylic acids is 1. The summed E-state index contributed by atoms with van der Waals surface area (Å²) < 4.78 is 22.4. The molecule has 0 unspecified atom stereocenters. The van der Waals surface area contributed by atoms with Gasteiger partial charge in [0, 0.05) is 25.9 Å². The molecule has 2 aromatic rings. The topological polar surface area (TPSA) is 117 Å². The number of aromatic nitrogens is 3. The molecule has 12 heteroatoms. The molecule has 1 amide bonds. The average molecular weight is 508 g/mol. The number of hydrogen-bond acceptors (Lipinski definition) is 11. The fourth-order valence-corrected chi connectivity index (χ4v) is 3.81. The highest BCUT2D eigenvalue weighted by molar-refractivity contribution is 7.94. The molecule has 0 bridgehead atoms. The Balaban J connectivity index is 1.73. The summed E-state index contributed by atoms with van der Waals surface area (Å²) in [5, 5.41) is 3.93. The van der Waals surface area contributed by atoms with Crippen molar-refractivity contribution >= 4 is 29.6 Å². The maximum Gasteiger partial charge on any atom is 0.410 e. The maximum absolute atomic E-state index is 12.2. The molecule has 3 heterocycles. The number of aryl methyl sites for hydroxylation is 1. The highest BCUT2D eigenvalue weighted by Crippen LogP contribution is 2.36. The Bertz CT molecular complexity index is 985. The van der Waals surface area contributed by atoms with Crippen molar-refractivity contribution < 1.29 is 28.2 Å². The van der Waals surface area contributed by atoms with Gasteiger partial charge < -0.3 is 24.4 Å². The highest BCUT2D eigenvalue weighted by Gasteiger charge is 2.27. The summed E-state index contributed by atoms with van der Waals surface area (Å²) in [6.07, 6.45) is 2.07. The predicted molar refractivity (Wildman–Crippen MR) is 131 cm³/mol. The van der Waals surface area contributed by atoms with Crippen molar-refractivity contribution in [3.8, 4) is 11.6 Å². The van der Waals surface area contributed by atoms with E-state index in [9.17, 15) is 4.79 Å². The van der Waals surface area contributed by atoms with E-state index in [1.165, 1.54) is 13.4 Å². The van der Waals surface area contributed by atoms with Crippen LogP contribution in [0.3, 0.4) is 0 Å². The summed E-state index contributed by atoms with van der Waals surface area (Å²) in [5.41, 5.74) is 1.49. The number of amides is 1. The number of piperidine rings is 1. The Morgan fingerprint density at radius 2 is 1.89 bits per heavy atom. The first-order valence-electron chi connectivity index (χ1n) is 11.5. The summed E-state index contributed by atoms with van der Waals surface area (Å²) in [6.45, 7) is 10.5. The van der Waals surface area contributed by atoms with Crippen LogP contribution in [-0.2, 0) is 14.0 Å². The van der Waals surface area contributed by atoms with Crippen LogP contribution in [0.15, 0.2) is 23.5 Å². The van der Waals surface area contributed by atoms with Crippen molar-refractivity contribution in [2.24, 2.45) is 0 Å². The molecule has 0 spiro atoms. The van der Waals surface area contributed by atoms with Crippen molar-refractivity contribution in [1.82, 2.24) is 19.9 Å². The molecule has 0 aromatic carbocycles. The number of nitrogens with zero attached hydrogens (tertiary/aromatic N) is 4. The SMILES string of the molecule is COOSc1ccc(Nc2ncnc(OC3CCN(C(=O)OC(C)C)CC3)c2OC(C)C)c(C)n1. The van der Waals surface area contributed by atoms with E-state index in [0.717, 1.165) is 23.4 Å². The third-order valence-corrected chi connectivity index (χ3v) is 5.54. The number of carbonyl (C=O) groups is 1. The van der Waals surface area contributed by atoms with Gasteiger partial charge >= 0.3 is 6.09 Å². The van der Waals surface area contributed by atoms with E-state index in [0.29, 0.717) is 48.4 Å². The van der Waals surface area contributed by atoms with Gasteiger partial charge in [0.15, 0.2) is 5.82 Å². The fourth-order valence-electron chi connectivity index (χ4n) is 3.38. The van der Waals surface area contributed by atoms with Crippen molar-refractivity contribution in [3.63, 3.8) is 0 Å². The van der Waals surface area contributed by atoms with Crippen LogP contribution in [0.4, 0.5) is 16.3 Å². The lowest BCUT2D eigenvalue weighted by atomic mass is 10.1. The van der Waals surface area contributed by atoms with Gasteiger partial charge in [-0.15, -0.1) is 0 Å². The van der Waals surface area contributed by atoms with Gasteiger partial charge in [0.05, 0.1) is 42.7 Å². The quantitative estimate of drug-likeness (QED) is 0.274. The van der Waals surface area contributed by atoms with Crippen LogP contribution < -0.4 is 14.8 Å². The van der Waals surface area contributed by atoms with Crippen molar-refractivity contribution in [2.45, 2.75) is 70.8 Å². The number of pyridine rings is 1. The Morgan fingerprint density at radius 3 is 2.51 bits per heavy atom. The van der Waals surface area contributed by atoms with Gasteiger partial charge in [-0.2, -0.15) is 9.32 Å². The summed E-state index contributed by atoms with van der Waals surface area (Å²) in [4.78, 5) is 31.7. The average Bonchev–Trinajstić information content (AvgIpc) is 2.81. The molecule has 1 fully saturated rings. The van der Waals surface area contributed by atoms with Crippen LogP contribution >= 0.6 is 12.0 Å². The van der Waals surface area contributed by atoms with Gasteiger partial charge in [-0.1, -0.05) is 0 Å². The standard InChI is InChI=1S/C23H33N5O6S/c1-14(2)31-20-21(27-18-7-8-19(26-16(18)5)35-34-30-6)24-13-25-22(20)33-17-9-11-28(12-10-17)23(29)32-15(3)4/h7-8,13-15,17H,9-12H2,1-6H3,(H,24,25,27). The summed E-state index contributed by atoms with van der Waals surface area (Å²) in [7, 11) is 1.44. The molecule has 1 aliphatic rings. The third kappa shape index (κ3) is 7.84. The number of anilines is 2. The lowest BCUT2D eigenvalue weighted by Gasteiger charge is -2.32. The molecule has 3 rings (SSSR count). The Labute approximate surface area is 210 Å². The first-order chi connectivity index (χ1) is 16.8. The lowest BCUT2D eigenvalue weighted by molar-refractivity contribution is -0.160. The van der Waals surface area contributed by atoms with Gasteiger partial charge in [0.25, 0.3) is 5.88 Å². The maximum atomic E-state index is 12.2. The molecule has 192 valence electrons. The van der Waals surface area contributed by atoms with Crippen LogP contribution in [0.25, 0.3) is 0 Å². The second-order valence-electron chi connectivity index (χ2n) is 8.49. The van der Waals surface area contributed by atoms with Gasteiger partial charge in [0.2, 0.25) is 5.75 Å². The minimum absolute atomic E-state index is 0.115. The molecular weight excluding hydrogens is 474 g/mol. The molecule has 0 aliphatic carbocycles. The lowest BCUT2D eigenvalue weighted by Crippen LogP contribution is -2.42. The van der Waals surface area contributed by atoms with Crippen LogP contribution in [0.1, 0.15) is 46.2 Å². The van der Waals surface area contributed by atoms with E-state index in [4.69, 9.17) is 18.5 Å². The number of rotatable bonds is 10. The molecule has 35 heavy (non-hydrogen) atoms. The van der Waals surface area contributed by atoms with Crippen LogP contribution in [0.2, 0.25) is 0 Å². The van der Waals surface area contributed by atoms with E-state index in [1.54, 1.807) is 11.0 Å². The summed E-state index contributed by atoms with van der Waals surface area (Å²) >= 11 is 1.02. The van der Waals surface area contributed by atoms with Crippen LogP contribution in [0, 0.1) is 6.92 Å². The van der Waals surface area contributed by atoms with Crippen molar-refractivity contribution in [3.05, 3.63) is 24.2 Å². The zero-order valence-corrected chi connectivity index (χ0v) is 21.8. The normalized spacial score (nSPS) is 14.3. The van der Waals surface area contributed by atoms with Crippen LogP contribution in [-0.4, -0.2) is 64.5 Å². The van der Waals surface area contributed by atoms with E-state index >= 15 is 0 Å². The minimum Gasteiger partial charge on any atom is -0.483 e. The minimum atomic E-state index is -0.294. The van der Waals surface area contributed by atoms with E-state index in [2.05, 4.69) is 25.2 Å². The Kier molecular flexibility index (Phi) is 9.75. The molecular formula is C23H33N5O6S. The second-order valence-corrected chi connectivity index (χ2v) is 9.21. The van der Waals surface area contributed by atoms with Crippen molar-refractivity contribution in [2.75, 3.05) is 25.5 Å². The zero-order chi connectivity index (χ0) is 25.4. The summed E-state index contributed by atoms with van der Waals surface area (Å²) in [6, 6.07) is 3.68. The number of nitrogens with one attached hydrogen (secondary N) is 1. The fraction of sp³-hybridized carbons (Fsp3) is 0.565. The number of hydrogen-bond donors (Lipinski definition) is 1. The largest absolute Gasteiger partial charge is 0.483 e. The molecule has 0 saturated carbocycles. The molecule has 1 N–H and O–H groups in total. The first-order valence-corrected chi connectivity index (χ1v) is 12.3. The smallest absolute Gasteiger partial charge is 0.410 e. The third-order valence-electron chi connectivity index (χ3n) is 4.94. The first kappa shape index (κ1) is 26.8. The zero-order valence-electron chi connectivity index (χ0n) is 20.9. The molecule has 1 saturated heterocycles. The summed E-state index contributed by atoms with van der Waals surface area (Å²) in [5.74, 6) is 1.25. The van der Waals surface area contributed by atoms with Crippen molar-refractivity contribution in [1.29, 1.82) is 0 Å². The molecule has 0 radical (unpaired) electrons. The number of ether oxygens (including phenoxy) is 3. The van der Waals surface area contributed by atoms with Crippen LogP contribution in [0.5, 0.6) is 11.6 Å². The molecule has 1 aliphatic heterocycles. The Morgan fingerprint density at radius 1 is 1.14 bits per heavy atom. The van der Waals surface area contributed by atoms with Gasteiger partial charge in [0.1, 0.15) is 17.5 Å². The van der Waals surface area contributed by atoms with E-state index in [1.807, 2.05) is 40.7 Å². The molecule has 11 nitrogen and oxygen atoms in total.